The maximum atomic E-state index is 13.0. The molecule has 0 radical (unpaired) electrons. The summed E-state index contributed by atoms with van der Waals surface area (Å²) in [6.45, 7) is 8.42. The van der Waals surface area contributed by atoms with E-state index in [2.05, 4.69) is 0 Å². The fraction of sp³-hybridized carbons (Fsp3) is 0.773. The van der Waals surface area contributed by atoms with Crippen LogP contribution < -0.4 is 0 Å². The van der Waals surface area contributed by atoms with Crippen molar-refractivity contribution in [2.75, 3.05) is 19.7 Å². The molecule has 180 valence electrons. The second kappa shape index (κ2) is 8.74. The van der Waals surface area contributed by atoms with Gasteiger partial charge in [-0.05, 0) is 30.8 Å². The number of rotatable bonds is 2. The summed E-state index contributed by atoms with van der Waals surface area (Å²) < 4.78 is 16.2. The summed E-state index contributed by atoms with van der Waals surface area (Å²) in [5, 5.41) is 32.9. The van der Waals surface area contributed by atoms with Crippen molar-refractivity contribution in [1.82, 2.24) is 4.90 Å². The van der Waals surface area contributed by atoms with Gasteiger partial charge in [0.05, 0.1) is 6.04 Å². The molecule has 0 amide bonds. The molecule has 3 rings (SSSR count). The third-order valence-corrected chi connectivity index (χ3v) is 7.01. The van der Waals surface area contributed by atoms with Crippen LogP contribution in [0.1, 0.15) is 41.0 Å². The highest BCUT2D eigenvalue weighted by Crippen LogP contribution is 2.35. The van der Waals surface area contributed by atoms with Crippen molar-refractivity contribution < 1.29 is 43.9 Å². The summed E-state index contributed by atoms with van der Waals surface area (Å²) >= 11 is 0. The average molecular weight is 456 g/mol. The topological polar surface area (TPSA) is 143 Å². The highest BCUT2D eigenvalue weighted by atomic mass is 16.6. The van der Waals surface area contributed by atoms with Crippen LogP contribution in [0.4, 0.5) is 0 Å². The Morgan fingerprint density at radius 1 is 1.03 bits per heavy atom. The quantitative estimate of drug-likeness (QED) is 0.284. The van der Waals surface area contributed by atoms with Crippen LogP contribution in [0.5, 0.6) is 0 Å². The van der Waals surface area contributed by atoms with E-state index in [1.54, 1.807) is 13.8 Å². The zero-order valence-corrected chi connectivity index (χ0v) is 19.1. The van der Waals surface area contributed by atoms with Gasteiger partial charge in [-0.1, -0.05) is 33.8 Å². The number of cyclic esters (lactones) is 2. The molecule has 10 heteroatoms. The molecule has 0 bridgehead atoms. The van der Waals surface area contributed by atoms with Crippen LogP contribution in [0.15, 0.2) is 11.6 Å². The van der Waals surface area contributed by atoms with E-state index in [-0.39, 0.29) is 12.6 Å². The Morgan fingerprint density at radius 2 is 1.66 bits per heavy atom. The maximum absolute atomic E-state index is 13.0. The molecule has 10 nitrogen and oxygen atoms in total. The molecule has 0 aliphatic carbocycles. The number of esters is 3. The Balaban J connectivity index is 2.03. The standard InChI is InChI=1S/C22H33NO9/c1-11(2)21(28)13(5)31-18(25)17(24)22(29,12(3)4)20(27)32-15-7-9-23-8-6-14(16(15)23)10-30-19(21)26/h6,11-13,15-17,24,28-29H,7-10H2,1-5H3/t13-,15-,16-,17-,21-,22-/m1/s1. The summed E-state index contributed by atoms with van der Waals surface area (Å²) in [5.41, 5.74) is -4.06. The lowest BCUT2D eigenvalue weighted by atomic mass is 9.83. The van der Waals surface area contributed by atoms with Crippen LogP contribution >= 0.6 is 0 Å². The summed E-state index contributed by atoms with van der Waals surface area (Å²) in [6.07, 6.45) is -2.02. The van der Waals surface area contributed by atoms with Gasteiger partial charge in [-0.25, -0.2) is 14.4 Å². The summed E-state index contributed by atoms with van der Waals surface area (Å²) in [6, 6.07) is -0.361. The molecular formula is C22H33NO9. The second-order valence-electron chi connectivity index (χ2n) is 9.47. The van der Waals surface area contributed by atoms with Crippen molar-refractivity contribution in [2.24, 2.45) is 11.8 Å². The highest BCUT2D eigenvalue weighted by Gasteiger charge is 2.56. The van der Waals surface area contributed by atoms with Crippen LogP contribution in [0.25, 0.3) is 0 Å². The van der Waals surface area contributed by atoms with E-state index in [9.17, 15) is 29.7 Å². The van der Waals surface area contributed by atoms with E-state index in [1.165, 1.54) is 20.8 Å². The summed E-state index contributed by atoms with van der Waals surface area (Å²) in [7, 11) is 0. The summed E-state index contributed by atoms with van der Waals surface area (Å²) in [4.78, 5) is 40.7. The van der Waals surface area contributed by atoms with Gasteiger partial charge >= 0.3 is 17.9 Å². The predicted octanol–water partition coefficient (Wildman–Crippen LogP) is -0.464. The minimum atomic E-state index is -2.58. The van der Waals surface area contributed by atoms with Gasteiger partial charge in [-0.3, -0.25) is 4.90 Å². The van der Waals surface area contributed by atoms with Crippen LogP contribution in [0, 0.1) is 11.8 Å². The zero-order chi connectivity index (χ0) is 24.0. The number of aliphatic hydroxyl groups is 3. The predicted molar refractivity (Wildman–Crippen MR) is 110 cm³/mol. The van der Waals surface area contributed by atoms with Crippen molar-refractivity contribution in [3.05, 3.63) is 11.6 Å². The van der Waals surface area contributed by atoms with Crippen LogP contribution in [-0.4, -0.2) is 93.4 Å². The molecule has 6 atom stereocenters. The molecular weight excluding hydrogens is 422 g/mol. The largest absolute Gasteiger partial charge is 0.459 e. The number of carbonyl (C=O) groups is 3. The average Bonchev–Trinajstić information content (AvgIpc) is 3.31. The van der Waals surface area contributed by atoms with Crippen LogP contribution in [0.2, 0.25) is 0 Å². The SMILES string of the molecule is CC(C)[C@]1(O)C(=O)O[C@@H]2CCN3CC=C(COC(=O)[C@@](O)(C(C)C)[C@@H](C)OC(=O)[C@H]1O)[C@H]23. The minimum Gasteiger partial charge on any atom is -0.459 e. The third-order valence-electron chi connectivity index (χ3n) is 7.01. The Kier molecular flexibility index (Phi) is 6.72. The lowest BCUT2D eigenvalue weighted by Crippen LogP contribution is -2.61. The van der Waals surface area contributed by atoms with Crippen molar-refractivity contribution in [1.29, 1.82) is 0 Å². The molecule has 3 heterocycles. The van der Waals surface area contributed by atoms with Gasteiger partial charge in [0.2, 0.25) is 11.2 Å². The highest BCUT2D eigenvalue weighted by molar-refractivity contribution is 5.90. The Hall–Kier alpha value is -2.01. The Bertz CT molecular complexity index is 809. The second-order valence-corrected chi connectivity index (χ2v) is 9.47. The lowest BCUT2D eigenvalue weighted by molar-refractivity contribution is -0.214. The molecule has 3 aliphatic rings. The number of nitrogens with zero attached hydrogens (tertiary/aromatic N) is 1. The first-order chi connectivity index (χ1) is 14.8. The van der Waals surface area contributed by atoms with E-state index in [4.69, 9.17) is 14.2 Å². The van der Waals surface area contributed by atoms with E-state index < -0.39 is 59.3 Å². The fourth-order valence-electron chi connectivity index (χ4n) is 4.66. The molecule has 3 N–H and O–H groups in total. The Labute approximate surface area is 187 Å². The molecule has 0 aromatic heterocycles. The van der Waals surface area contributed by atoms with E-state index >= 15 is 0 Å². The minimum absolute atomic E-state index is 0.124. The number of aliphatic hydroxyl groups excluding tert-OH is 1. The van der Waals surface area contributed by atoms with E-state index in [1.807, 2.05) is 11.0 Å². The van der Waals surface area contributed by atoms with Gasteiger partial charge in [-0.15, -0.1) is 0 Å². The molecule has 0 aromatic carbocycles. The van der Waals surface area contributed by atoms with Crippen molar-refractivity contribution >= 4 is 17.9 Å². The maximum Gasteiger partial charge on any atom is 0.342 e. The smallest absolute Gasteiger partial charge is 0.342 e. The zero-order valence-electron chi connectivity index (χ0n) is 19.1. The first-order valence-corrected chi connectivity index (χ1v) is 11.0. The first-order valence-electron chi connectivity index (χ1n) is 11.0. The van der Waals surface area contributed by atoms with Crippen molar-refractivity contribution in [2.45, 2.75) is 76.6 Å². The van der Waals surface area contributed by atoms with Gasteiger partial charge in [0.1, 0.15) is 18.8 Å². The van der Waals surface area contributed by atoms with Gasteiger partial charge in [0.25, 0.3) is 0 Å². The molecule has 0 saturated carbocycles. The number of hydrogen-bond acceptors (Lipinski definition) is 10. The monoisotopic (exact) mass is 455 g/mol. The van der Waals surface area contributed by atoms with Gasteiger partial charge in [0.15, 0.2) is 6.10 Å². The Morgan fingerprint density at radius 3 is 2.25 bits per heavy atom. The number of carbonyl (C=O) groups excluding carboxylic acids is 3. The molecule has 0 aromatic rings. The summed E-state index contributed by atoms with van der Waals surface area (Å²) in [5.74, 6) is -5.06. The lowest BCUT2D eigenvalue weighted by Gasteiger charge is -2.38. The van der Waals surface area contributed by atoms with E-state index in [0.717, 1.165) is 5.57 Å². The molecule has 32 heavy (non-hydrogen) atoms. The van der Waals surface area contributed by atoms with Gasteiger partial charge in [0, 0.05) is 13.1 Å². The number of hydrogen-bond donors (Lipinski definition) is 3. The van der Waals surface area contributed by atoms with Gasteiger partial charge in [-0.2, -0.15) is 0 Å². The van der Waals surface area contributed by atoms with E-state index in [0.29, 0.717) is 19.5 Å². The van der Waals surface area contributed by atoms with Gasteiger partial charge < -0.3 is 29.5 Å². The molecule has 3 aliphatic heterocycles. The molecule has 0 unspecified atom stereocenters. The number of ether oxygens (including phenoxy) is 3. The molecule has 2 saturated heterocycles. The molecule has 0 spiro atoms. The third kappa shape index (κ3) is 3.83. The van der Waals surface area contributed by atoms with Crippen LogP contribution in [0.3, 0.4) is 0 Å². The van der Waals surface area contributed by atoms with Crippen LogP contribution in [-0.2, 0) is 28.6 Å². The molecule has 2 fully saturated rings. The first kappa shape index (κ1) is 24.6. The normalized spacial score (nSPS) is 39.3. The fourth-order valence-corrected chi connectivity index (χ4v) is 4.66. The van der Waals surface area contributed by atoms with Crippen molar-refractivity contribution in [3.63, 3.8) is 0 Å². The van der Waals surface area contributed by atoms with Crippen molar-refractivity contribution in [3.8, 4) is 0 Å².